The number of carbonyl (C=O) groups excluding carboxylic acids is 1. The minimum atomic E-state index is -4.58. The predicted octanol–water partition coefficient (Wildman–Crippen LogP) is 4.18. The molecule has 12 heteroatoms. The van der Waals surface area contributed by atoms with Gasteiger partial charge in [0.15, 0.2) is 5.69 Å². The summed E-state index contributed by atoms with van der Waals surface area (Å²) in [4.78, 5) is 31.2. The lowest BCUT2D eigenvalue weighted by Crippen LogP contribution is -2.16. The molecule has 166 valence electrons. The van der Waals surface area contributed by atoms with E-state index in [0.29, 0.717) is 16.8 Å². The van der Waals surface area contributed by atoms with Crippen molar-refractivity contribution in [2.75, 3.05) is 5.32 Å². The lowest BCUT2D eigenvalue weighted by molar-refractivity contribution is -0.137. The number of alkyl halides is 3. The molecule has 9 nitrogen and oxygen atoms in total. The number of halogens is 3. The van der Waals surface area contributed by atoms with Gasteiger partial charge in [0.2, 0.25) is 5.95 Å². The Bertz CT molecular complexity index is 1380. The van der Waals surface area contributed by atoms with Crippen LogP contribution >= 0.6 is 0 Å². The second kappa shape index (κ2) is 8.49. The highest BCUT2D eigenvalue weighted by molar-refractivity contribution is 6.03. The Labute approximate surface area is 182 Å². The van der Waals surface area contributed by atoms with Crippen molar-refractivity contribution in [1.82, 2.24) is 20.2 Å². The summed E-state index contributed by atoms with van der Waals surface area (Å²) in [6.07, 6.45) is -3.29. The highest BCUT2D eigenvalue weighted by Crippen LogP contribution is 2.30. The molecule has 0 aliphatic rings. The van der Waals surface area contributed by atoms with E-state index >= 15 is 0 Å². The smallest absolute Gasteiger partial charge is 0.416 e. The highest BCUT2D eigenvalue weighted by Gasteiger charge is 2.31. The lowest BCUT2D eigenvalue weighted by Gasteiger charge is -2.09. The van der Waals surface area contributed by atoms with Crippen LogP contribution in [0.2, 0.25) is 0 Å². The Morgan fingerprint density at radius 3 is 2.48 bits per heavy atom. The van der Waals surface area contributed by atoms with Crippen LogP contribution in [0, 0.1) is 0 Å². The zero-order chi connectivity index (χ0) is 23.6. The van der Waals surface area contributed by atoms with E-state index in [4.69, 9.17) is 9.84 Å². The van der Waals surface area contributed by atoms with Crippen molar-refractivity contribution in [3.63, 3.8) is 0 Å². The van der Waals surface area contributed by atoms with Gasteiger partial charge in [-0.05, 0) is 36.4 Å². The molecule has 0 unspecified atom stereocenters. The molecule has 2 N–H and O–H groups in total. The first-order valence-corrected chi connectivity index (χ1v) is 9.19. The second-order valence-electron chi connectivity index (χ2n) is 6.60. The Kier molecular flexibility index (Phi) is 5.56. The number of benzene rings is 2. The predicted molar refractivity (Wildman–Crippen MR) is 108 cm³/mol. The van der Waals surface area contributed by atoms with Crippen LogP contribution in [0.25, 0.3) is 11.0 Å². The third-order valence-electron chi connectivity index (χ3n) is 4.29. The molecule has 0 aliphatic heterocycles. The summed E-state index contributed by atoms with van der Waals surface area (Å²) in [5.74, 6) is -1.66. The number of hydrogen-bond donors (Lipinski definition) is 2. The number of carboxylic acid groups (broad SMARTS) is 1. The van der Waals surface area contributed by atoms with Crippen LogP contribution in [0.3, 0.4) is 0 Å². The maximum atomic E-state index is 12.9. The lowest BCUT2D eigenvalue weighted by atomic mass is 10.1. The fourth-order valence-electron chi connectivity index (χ4n) is 2.77. The van der Waals surface area contributed by atoms with Crippen LogP contribution in [-0.4, -0.2) is 37.1 Å². The van der Waals surface area contributed by atoms with Crippen molar-refractivity contribution < 1.29 is 32.6 Å². The topological polar surface area (TPSA) is 127 Å². The quantitative estimate of drug-likeness (QED) is 0.459. The van der Waals surface area contributed by atoms with E-state index in [0.717, 1.165) is 18.2 Å². The summed E-state index contributed by atoms with van der Waals surface area (Å²) in [6, 6.07) is 11.2. The fraction of sp³-hybridized carbons (Fsp3) is 0.0476. The molecule has 0 fully saturated rings. The number of pyridine rings is 1. The van der Waals surface area contributed by atoms with Gasteiger partial charge in [-0.1, -0.05) is 6.07 Å². The van der Waals surface area contributed by atoms with Crippen molar-refractivity contribution in [3.05, 3.63) is 77.6 Å². The molecule has 2 heterocycles. The van der Waals surface area contributed by atoms with Gasteiger partial charge < -0.3 is 9.84 Å². The Morgan fingerprint density at radius 1 is 0.939 bits per heavy atom. The normalized spacial score (nSPS) is 11.2. The van der Waals surface area contributed by atoms with E-state index in [9.17, 15) is 22.8 Å². The van der Waals surface area contributed by atoms with E-state index in [1.165, 1.54) is 42.6 Å². The molecule has 0 saturated heterocycles. The molecular weight excluding hydrogens is 443 g/mol. The number of aromatic nitrogens is 4. The van der Waals surface area contributed by atoms with E-state index in [1.807, 2.05) is 0 Å². The Morgan fingerprint density at radius 2 is 1.73 bits per heavy atom. The van der Waals surface area contributed by atoms with E-state index in [2.05, 4.69) is 25.5 Å². The average Bonchev–Trinajstić information content (AvgIpc) is 2.79. The van der Waals surface area contributed by atoms with Crippen LogP contribution in [0.15, 0.2) is 60.8 Å². The Balaban J connectivity index is 1.52. The molecule has 4 aromatic rings. The molecule has 2 aromatic heterocycles. The first-order valence-electron chi connectivity index (χ1n) is 9.19. The molecule has 0 saturated carbocycles. The van der Waals surface area contributed by atoms with Crippen LogP contribution < -0.4 is 10.1 Å². The highest BCUT2D eigenvalue weighted by atomic mass is 19.4. The first-order chi connectivity index (χ1) is 15.7. The zero-order valence-electron chi connectivity index (χ0n) is 16.4. The van der Waals surface area contributed by atoms with Gasteiger partial charge in [-0.3, -0.25) is 10.1 Å². The molecule has 0 aliphatic carbocycles. The van der Waals surface area contributed by atoms with Crippen molar-refractivity contribution in [3.8, 4) is 11.5 Å². The van der Waals surface area contributed by atoms with Gasteiger partial charge in [0.25, 0.3) is 5.91 Å². The van der Waals surface area contributed by atoms with Crippen molar-refractivity contribution in [1.29, 1.82) is 0 Å². The number of rotatable bonds is 5. The van der Waals surface area contributed by atoms with E-state index in [1.54, 1.807) is 0 Å². The van der Waals surface area contributed by atoms with E-state index in [-0.39, 0.29) is 23.0 Å². The van der Waals surface area contributed by atoms with Crippen LogP contribution in [0.1, 0.15) is 26.4 Å². The summed E-state index contributed by atoms with van der Waals surface area (Å²) < 4.78 is 44.2. The third-order valence-corrected chi connectivity index (χ3v) is 4.29. The number of carboxylic acids is 1. The van der Waals surface area contributed by atoms with Gasteiger partial charge in [0.05, 0.1) is 11.1 Å². The molecule has 4 rings (SSSR count). The molecule has 2 aromatic carbocycles. The molecule has 1 amide bonds. The minimum Gasteiger partial charge on any atom is -0.477 e. The minimum absolute atomic E-state index is 0.184. The number of fused-ring (bicyclic) bond motifs is 1. The summed E-state index contributed by atoms with van der Waals surface area (Å²) in [5, 5.41) is 19.0. The summed E-state index contributed by atoms with van der Waals surface area (Å²) in [6.45, 7) is 0. The SMILES string of the molecule is O=C(Nc1nnc2cc(Oc3ccnc(C(=O)O)c3)ccc2n1)c1cccc(C(F)(F)F)c1. The molecule has 0 bridgehead atoms. The standard InChI is InChI=1S/C21H12F3N5O4/c22-21(23,24)12-3-1-2-11(8-12)18(30)27-20-26-15-5-4-13(9-16(15)28-29-20)33-14-6-7-25-17(10-14)19(31)32/h1-10H,(H,31,32)(H,26,27,29,30). The number of nitrogens with zero attached hydrogens (tertiary/aromatic N) is 4. The number of anilines is 1. The van der Waals surface area contributed by atoms with Gasteiger partial charge in [-0.15, -0.1) is 10.2 Å². The average molecular weight is 455 g/mol. The molecular formula is C21H12F3N5O4. The summed E-state index contributed by atoms with van der Waals surface area (Å²) in [7, 11) is 0. The van der Waals surface area contributed by atoms with Crippen molar-refractivity contribution >= 4 is 28.9 Å². The van der Waals surface area contributed by atoms with Crippen LogP contribution in [-0.2, 0) is 6.18 Å². The summed E-state index contributed by atoms with van der Waals surface area (Å²) >= 11 is 0. The molecule has 0 atom stereocenters. The third kappa shape index (κ3) is 5.01. The number of ether oxygens (including phenoxy) is 1. The number of amides is 1. The maximum Gasteiger partial charge on any atom is 0.416 e. The zero-order valence-corrected chi connectivity index (χ0v) is 16.4. The van der Waals surface area contributed by atoms with Crippen LogP contribution in [0.4, 0.5) is 19.1 Å². The van der Waals surface area contributed by atoms with Gasteiger partial charge >= 0.3 is 12.1 Å². The maximum absolute atomic E-state index is 12.9. The van der Waals surface area contributed by atoms with E-state index < -0.39 is 23.6 Å². The molecule has 0 spiro atoms. The first kappa shape index (κ1) is 21.6. The Hall–Kier alpha value is -4.61. The van der Waals surface area contributed by atoms with Crippen molar-refractivity contribution in [2.24, 2.45) is 0 Å². The number of carbonyl (C=O) groups is 2. The summed E-state index contributed by atoms with van der Waals surface area (Å²) in [5.41, 5.74) is -0.717. The molecule has 0 radical (unpaired) electrons. The van der Waals surface area contributed by atoms with Crippen LogP contribution in [0.5, 0.6) is 11.5 Å². The second-order valence-corrected chi connectivity index (χ2v) is 6.60. The van der Waals surface area contributed by atoms with Gasteiger partial charge in [0, 0.05) is 23.9 Å². The number of hydrogen-bond acceptors (Lipinski definition) is 7. The monoisotopic (exact) mass is 455 g/mol. The fourth-order valence-corrected chi connectivity index (χ4v) is 2.77. The van der Waals surface area contributed by atoms with Crippen molar-refractivity contribution in [2.45, 2.75) is 6.18 Å². The largest absolute Gasteiger partial charge is 0.477 e. The van der Waals surface area contributed by atoms with Gasteiger partial charge in [-0.25, -0.2) is 14.8 Å². The van der Waals surface area contributed by atoms with Gasteiger partial charge in [-0.2, -0.15) is 13.2 Å². The molecule has 33 heavy (non-hydrogen) atoms. The van der Waals surface area contributed by atoms with Gasteiger partial charge in [0.1, 0.15) is 17.0 Å². The number of nitrogens with one attached hydrogen (secondary N) is 1. The number of aromatic carboxylic acids is 1.